The van der Waals surface area contributed by atoms with Crippen LogP contribution in [0.5, 0.6) is 5.75 Å². The van der Waals surface area contributed by atoms with Crippen molar-refractivity contribution < 1.29 is 4.74 Å². The van der Waals surface area contributed by atoms with E-state index in [9.17, 15) is 0 Å². The Kier molecular flexibility index (Phi) is 3.11. The number of methoxy groups -OCH3 is 1. The largest absolute Gasteiger partial charge is 0.496 e. The Morgan fingerprint density at radius 2 is 1.86 bits per heavy atom. The van der Waals surface area contributed by atoms with Gasteiger partial charge in [-0.25, -0.2) is 0 Å². The quantitative estimate of drug-likeness (QED) is 0.759. The summed E-state index contributed by atoms with van der Waals surface area (Å²) in [6.07, 6.45) is 0. The highest BCUT2D eigenvalue weighted by Gasteiger charge is 2.13. The Balaban J connectivity index is 3.55. The lowest BCUT2D eigenvalue weighted by Gasteiger charge is -2.15. The number of hydrogen-bond donors (Lipinski definition) is 1. The number of hydrogen-bond acceptors (Lipinski definition) is 2. The summed E-state index contributed by atoms with van der Waals surface area (Å²) in [7, 11) is 1.64. The van der Waals surface area contributed by atoms with Gasteiger partial charge >= 0.3 is 0 Å². The molecule has 1 aromatic rings. The zero-order valence-electron chi connectivity index (χ0n) is 8.97. The van der Waals surface area contributed by atoms with Gasteiger partial charge in [-0.3, -0.25) is 0 Å². The minimum absolute atomic E-state index is 0.391. The number of thiocarbonyl (C=S) groups is 1. The molecule has 1 rings (SSSR count). The number of aryl methyl sites for hydroxylation is 2. The fourth-order valence-electron chi connectivity index (χ4n) is 1.61. The van der Waals surface area contributed by atoms with Crippen molar-refractivity contribution in [3.8, 4) is 5.75 Å². The maximum atomic E-state index is 5.66. The van der Waals surface area contributed by atoms with Gasteiger partial charge in [-0.05, 0) is 37.5 Å². The Hall–Kier alpha value is -1.09. The average Bonchev–Trinajstić information content (AvgIpc) is 2.09. The van der Waals surface area contributed by atoms with Gasteiger partial charge in [-0.15, -0.1) is 0 Å². The fraction of sp³-hybridized carbons (Fsp3) is 0.364. The Bertz CT molecular complexity index is 385. The maximum Gasteiger partial charge on any atom is 0.132 e. The third kappa shape index (κ3) is 1.73. The smallest absolute Gasteiger partial charge is 0.132 e. The van der Waals surface area contributed by atoms with Crippen LogP contribution < -0.4 is 10.5 Å². The van der Waals surface area contributed by atoms with Gasteiger partial charge in [0.1, 0.15) is 10.7 Å². The highest BCUT2D eigenvalue weighted by atomic mass is 32.1. The van der Waals surface area contributed by atoms with Gasteiger partial charge < -0.3 is 10.5 Å². The third-order valence-electron chi connectivity index (χ3n) is 2.44. The van der Waals surface area contributed by atoms with Crippen LogP contribution in [-0.2, 0) is 0 Å². The van der Waals surface area contributed by atoms with Crippen LogP contribution in [0.2, 0.25) is 0 Å². The van der Waals surface area contributed by atoms with Gasteiger partial charge in [0.25, 0.3) is 0 Å². The van der Waals surface area contributed by atoms with Crippen molar-refractivity contribution in [1.29, 1.82) is 0 Å². The molecule has 3 heteroatoms. The molecule has 0 aliphatic rings. The SMILES string of the molecule is COc1c(C)c(C)cc(C)c1C(N)=S. The topological polar surface area (TPSA) is 35.2 Å². The normalized spacial score (nSPS) is 10.0. The van der Waals surface area contributed by atoms with E-state index in [4.69, 9.17) is 22.7 Å². The maximum absolute atomic E-state index is 5.66. The van der Waals surface area contributed by atoms with E-state index in [2.05, 4.69) is 6.07 Å². The molecule has 0 unspecified atom stereocenters. The van der Waals surface area contributed by atoms with Crippen molar-refractivity contribution in [3.05, 3.63) is 28.3 Å². The first-order valence-corrected chi connectivity index (χ1v) is 4.84. The molecule has 0 radical (unpaired) electrons. The zero-order chi connectivity index (χ0) is 10.9. The van der Waals surface area contributed by atoms with Crippen LogP contribution in [0, 0.1) is 20.8 Å². The summed E-state index contributed by atoms with van der Waals surface area (Å²) in [5.41, 5.74) is 9.87. The molecule has 1 aromatic carbocycles. The molecule has 0 aromatic heterocycles. The average molecular weight is 209 g/mol. The first-order chi connectivity index (χ1) is 6.49. The van der Waals surface area contributed by atoms with Crippen LogP contribution in [0.3, 0.4) is 0 Å². The molecule has 0 aliphatic carbocycles. The van der Waals surface area contributed by atoms with Crippen molar-refractivity contribution in [2.75, 3.05) is 7.11 Å². The molecule has 0 atom stereocenters. The van der Waals surface area contributed by atoms with Crippen molar-refractivity contribution in [2.45, 2.75) is 20.8 Å². The summed E-state index contributed by atoms with van der Waals surface area (Å²) >= 11 is 5.00. The summed E-state index contributed by atoms with van der Waals surface area (Å²) in [6.45, 7) is 6.05. The minimum Gasteiger partial charge on any atom is -0.496 e. The molecular weight excluding hydrogens is 194 g/mol. The monoisotopic (exact) mass is 209 g/mol. The highest BCUT2D eigenvalue weighted by Crippen LogP contribution is 2.29. The molecular formula is C11H15NOS. The van der Waals surface area contributed by atoms with E-state index in [0.717, 1.165) is 22.4 Å². The van der Waals surface area contributed by atoms with Crippen LogP contribution in [-0.4, -0.2) is 12.1 Å². The molecule has 2 N–H and O–H groups in total. The van der Waals surface area contributed by atoms with Crippen molar-refractivity contribution in [2.24, 2.45) is 5.73 Å². The number of rotatable bonds is 2. The number of nitrogens with two attached hydrogens (primary N) is 1. The Morgan fingerprint density at radius 3 is 2.29 bits per heavy atom. The van der Waals surface area contributed by atoms with Gasteiger partial charge in [0.15, 0.2) is 0 Å². The molecule has 0 fully saturated rings. The van der Waals surface area contributed by atoms with E-state index in [1.807, 2.05) is 20.8 Å². The first-order valence-electron chi connectivity index (χ1n) is 4.43. The second-order valence-electron chi connectivity index (χ2n) is 3.41. The van der Waals surface area contributed by atoms with Crippen LogP contribution in [0.25, 0.3) is 0 Å². The standard InChI is InChI=1S/C11H15NOS/c1-6-5-7(2)9(11(12)14)10(13-4)8(6)3/h5H,1-4H3,(H2,12,14). The van der Waals surface area contributed by atoms with Gasteiger partial charge in [-0.1, -0.05) is 18.3 Å². The first kappa shape index (κ1) is 11.0. The summed E-state index contributed by atoms with van der Waals surface area (Å²) in [5.74, 6) is 0.801. The molecule has 0 bridgehead atoms. The molecule has 0 saturated heterocycles. The van der Waals surface area contributed by atoms with Crippen LogP contribution in [0.15, 0.2) is 6.07 Å². The van der Waals surface area contributed by atoms with Crippen molar-refractivity contribution >= 4 is 17.2 Å². The van der Waals surface area contributed by atoms with E-state index in [-0.39, 0.29) is 0 Å². The van der Waals surface area contributed by atoms with E-state index >= 15 is 0 Å². The van der Waals surface area contributed by atoms with Crippen molar-refractivity contribution in [3.63, 3.8) is 0 Å². The lowest BCUT2D eigenvalue weighted by atomic mass is 9.99. The molecule has 0 heterocycles. The lowest BCUT2D eigenvalue weighted by Crippen LogP contribution is -2.14. The molecule has 0 amide bonds. The van der Waals surface area contributed by atoms with Gasteiger partial charge in [0.2, 0.25) is 0 Å². The summed E-state index contributed by atoms with van der Waals surface area (Å²) in [5, 5.41) is 0. The summed E-state index contributed by atoms with van der Waals surface area (Å²) in [4.78, 5) is 0.391. The van der Waals surface area contributed by atoms with E-state index in [0.29, 0.717) is 4.99 Å². The molecule has 76 valence electrons. The number of ether oxygens (including phenoxy) is 1. The molecule has 2 nitrogen and oxygen atoms in total. The van der Waals surface area contributed by atoms with Gasteiger partial charge in [0, 0.05) is 0 Å². The van der Waals surface area contributed by atoms with Gasteiger partial charge in [0.05, 0.1) is 12.7 Å². The second-order valence-corrected chi connectivity index (χ2v) is 3.85. The Labute approximate surface area is 90.1 Å². The van der Waals surface area contributed by atoms with E-state index in [1.165, 1.54) is 5.56 Å². The fourth-order valence-corrected chi connectivity index (χ4v) is 1.87. The van der Waals surface area contributed by atoms with Crippen LogP contribution >= 0.6 is 12.2 Å². The second kappa shape index (κ2) is 3.96. The van der Waals surface area contributed by atoms with E-state index in [1.54, 1.807) is 7.11 Å². The molecule has 0 saturated carbocycles. The van der Waals surface area contributed by atoms with E-state index < -0.39 is 0 Å². The van der Waals surface area contributed by atoms with Gasteiger partial charge in [-0.2, -0.15) is 0 Å². The van der Waals surface area contributed by atoms with Crippen LogP contribution in [0.1, 0.15) is 22.3 Å². The minimum atomic E-state index is 0.391. The third-order valence-corrected chi connectivity index (χ3v) is 2.64. The summed E-state index contributed by atoms with van der Waals surface area (Å²) < 4.78 is 5.33. The molecule has 0 spiro atoms. The lowest BCUT2D eigenvalue weighted by molar-refractivity contribution is 0.410. The highest BCUT2D eigenvalue weighted by molar-refractivity contribution is 7.80. The zero-order valence-corrected chi connectivity index (χ0v) is 9.79. The summed E-state index contributed by atoms with van der Waals surface area (Å²) in [6, 6.07) is 2.08. The van der Waals surface area contributed by atoms with Crippen LogP contribution in [0.4, 0.5) is 0 Å². The molecule has 14 heavy (non-hydrogen) atoms. The molecule has 0 aliphatic heterocycles. The van der Waals surface area contributed by atoms with Crippen molar-refractivity contribution in [1.82, 2.24) is 0 Å². The predicted molar refractivity (Wildman–Crippen MR) is 63.1 cm³/mol. The predicted octanol–water partition coefficient (Wildman–Crippen LogP) is 2.25. The number of benzene rings is 1. The Morgan fingerprint density at radius 1 is 1.29 bits per heavy atom.